The lowest BCUT2D eigenvalue weighted by Gasteiger charge is -2.28. The lowest BCUT2D eigenvalue weighted by Crippen LogP contribution is -2.36. The standard InChI is InChI=1S/C11H19FN2O3S2/c1-10(3-5-17-2)14(4-6-19(12,15)16)8-11-7-13-18-9-11/h7,9-10H,3-6,8H2,1-2H3. The van der Waals surface area contributed by atoms with Crippen LogP contribution in [-0.4, -0.2) is 49.7 Å². The molecule has 0 fully saturated rings. The summed E-state index contributed by atoms with van der Waals surface area (Å²) in [5, 5.41) is 1.90. The fraction of sp³-hybridized carbons (Fsp3) is 0.727. The summed E-state index contributed by atoms with van der Waals surface area (Å²) < 4.78 is 43.0. The summed E-state index contributed by atoms with van der Waals surface area (Å²) in [4.78, 5) is 1.93. The first kappa shape index (κ1) is 16.5. The number of methoxy groups -OCH3 is 1. The van der Waals surface area contributed by atoms with Crippen molar-refractivity contribution in [3.63, 3.8) is 0 Å². The maximum absolute atomic E-state index is 12.7. The number of halogens is 1. The fourth-order valence-corrected chi connectivity index (χ4v) is 2.67. The Hall–Kier alpha value is -0.570. The van der Waals surface area contributed by atoms with Crippen LogP contribution in [0.5, 0.6) is 0 Å². The average Bonchev–Trinajstić information content (AvgIpc) is 2.83. The van der Waals surface area contributed by atoms with E-state index in [1.54, 1.807) is 13.3 Å². The van der Waals surface area contributed by atoms with Crippen LogP contribution in [-0.2, 0) is 21.5 Å². The first-order valence-electron chi connectivity index (χ1n) is 5.96. The molecule has 0 bridgehead atoms. The van der Waals surface area contributed by atoms with Gasteiger partial charge in [-0.15, -0.1) is 3.89 Å². The van der Waals surface area contributed by atoms with E-state index in [9.17, 15) is 12.3 Å². The molecular formula is C11H19FN2O3S2. The van der Waals surface area contributed by atoms with Gasteiger partial charge in [0.25, 0.3) is 0 Å². The van der Waals surface area contributed by atoms with Crippen molar-refractivity contribution in [2.45, 2.75) is 25.9 Å². The minimum atomic E-state index is -4.44. The highest BCUT2D eigenvalue weighted by Crippen LogP contribution is 2.12. The zero-order valence-corrected chi connectivity index (χ0v) is 12.7. The Balaban J connectivity index is 2.61. The second-order valence-electron chi connectivity index (χ2n) is 4.38. The van der Waals surface area contributed by atoms with Crippen molar-refractivity contribution in [3.05, 3.63) is 17.1 Å². The quantitative estimate of drug-likeness (QED) is 0.649. The fourth-order valence-electron chi connectivity index (χ4n) is 1.69. The van der Waals surface area contributed by atoms with Gasteiger partial charge in [-0.25, -0.2) is 4.37 Å². The van der Waals surface area contributed by atoms with Gasteiger partial charge in [0.05, 0.1) is 5.75 Å². The summed E-state index contributed by atoms with van der Waals surface area (Å²) in [6.45, 7) is 3.29. The SMILES string of the molecule is COCCC(C)N(CCS(=O)(=O)F)Cc1cnsc1. The summed E-state index contributed by atoms with van der Waals surface area (Å²) >= 11 is 1.34. The highest BCUT2D eigenvalue weighted by molar-refractivity contribution is 7.86. The van der Waals surface area contributed by atoms with Gasteiger partial charge in [-0.1, -0.05) is 0 Å². The van der Waals surface area contributed by atoms with Crippen molar-refractivity contribution < 1.29 is 17.0 Å². The molecule has 0 aliphatic heterocycles. The number of hydrogen-bond acceptors (Lipinski definition) is 6. The lowest BCUT2D eigenvalue weighted by molar-refractivity contribution is 0.137. The second-order valence-corrected chi connectivity index (χ2v) is 6.52. The summed E-state index contributed by atoms with van der Waals surface area (Å²) in [7, 11) is -2.82. The molecule has 19 heavy (non-hydrogen) atoms. The van der Waals surface area contributed by atoms with Gasteiger partial charge in [0.1, 0.15) is 0 Å². The Labute approximate surface area is 117 Å². The topological polar surface area (TPSA) is 59.5 Å². The van der Waals surface area contributed by atoms with Crippen molar-refractivity contribution >= 4 is 21.8 Å². The van der Waals surface area contributed by atoms with Crippen LogP contribution in [0.3, 0.4) is 0 Å². The number of hydrogen-bond donors (Lipinski definition) is 0. The maximum Gasteiger partial charge on any atom is 0.303 e. The molecule has 0 N–H and O–H groups in total. The van der Waals surface area contributed by atoms with E-state index >= 15 is 0 Å². The van der Waals surface area contributed by atoms with Crippen LogP contribution in [0.2, 0.25) is 0 Å². The van der Waals surface area contributed by atoms with Gasteiger partial charge in [-0.3, -0.25) is 4.90 Å². The molecule has 0 aromatic carbocycles. The molecule has 0 amide bonds. The third-order valence-electron chi connectivity index (χ3n) is 2.85. The molecule has 5 nitrogen and oxygen atoms in total. The van der Waals surface area contributed by atoms with E-state index in [1.807, 2.05) is 17.2 Å². The van der Waals surface area contributed by atoms with Crippen LogP contribution in [0.15, 0.2) is 11.6 Å². The van der Waals surface area contributed by atoms with Gasteiger partial charge in [0.2, 0.25) is 0 Å². The van der Waals surface area contributed by atoms with Crippen molar-refractivity contribution in [1.29, 1.82) is 0 Å². The molecule has 1 unspecified atom stereocenters. The monoisotopic (exact) mass is 310 g/mol. The van der Waals surface area contributed by atoms with Crippen molar-refractivity contribution in [1.82, 2.24) is 9.27 Å². The van der Waals surface area contributed by atoms with E-state index in [2.05, 4.69) is 4.37 Å². The van der Waals surface area contributed by atoms with Gasteiger partial charge >= 0.3 is 10.2 Å². The van der Waals surface area contributed by atoms with Crippen LogP contribution in [0, 0.1) is 0 Å². The largest absolute Gasteiger partial charge is 0.385 e. The zero-order chi connectivity index (χ0) is 14.3. The summed E-state index contributed by atoms with van der Waals surface area (Å²) in [5.74, 6) is -0.484. The molecular weight excluding hydrogens is 291 g/mol. The van der Waals surface area contributed by atoms with E-state index in [-0.39, 0.29) is 12.6 Å². The molecule has 0 radical (unpaired) electrons. The Morgan fingerprint density at radius 3 is 2.84 bits per heavy atom. The van der Waals surface area contributed by atoms with Crippen molar-refractivity contribution in [3.8, 4) is 0 Å². The predicted octanol–water partition coefficient (Wildman–Crippen LogP) is 1.67. The van der Waals surface area contributed by atoms with E-state index in [0.29, 0.717) is 13.2 Å². The van der Waals surface area contributed by atoms with E-state index in [0.717, 1.165) is 12.0 Å². The van der Waals surface area contributed by atoms with E-state index in [1.165, 1.54) is 11.5 Å². The zero-order valence-electron chi connectivity index (χ0n) is 11.1. The average molecular weight is 310 g/mol. The molecule has 1 rings (SSSR count). The third kappa shape index (κ3) is 6.95. The number of nitrogens with zero attached hydrogens (tertiary/aromatic N) is 2. The molecule has 0 saturated carbocycles. The first-order chi connectivity index (χ1) is 8.92. The Bertz CT molecular complexity index is 451. The van der Waals surface area contributed by atoms with Crippen molar-refractivity contribution in [2.24, 2.45) is 0 Å². The smallest absolute Gasteiger partial charge is 0.303 e. The van der Waals surface area contributed by atoms with Gasteiger partial charge < -0.3 is 4.74 Å². The van der Waals surface area contributed by atoms with E-state index in [4.69, 9.17) is 4.74 Å². The van der Waals surface area contributed by atoms with Gasteiger partial charge in [0.15, 0.2) is 0 Å². The molecule has 0 saturated heterocycles. The van der Waals surface area contributed by atoms with Crippen LogP contribution in [0.4, 0.5) is 3.89 Å². The molecule has 1 aromatic rings. The molecule has 1 heterocycles. The van der Waals surface area contributed by atoms with Gasteiger partial charge in [0, 0.05) is 44.4 Å². The number of rotatable bonds is 9. The van der Waals surface area contributed by atoms with Gasteiger partial charge in [-0.05, 0) is 30.4 Å². The Morgan fingerprint density at radius 1 is 1.58 bits per heavy atom. The lowest BCUT2D eigenvalue weighted by atomic mass is 10.2. The molecule has 1 atom stereocenters. The first-order valence-corrected chi connectivity index (χ1v) is 8.35. The van der Waals surface area contributed by atoms with Gasteiger partial charge in [-0.2, -0.15) is 8.42 Å². The molecule has 110 valence electrons. The van der Waals surface area contributed by atoms with Crippen LogP contribution in [0.1, 0.15) is 18.9 Å². The summed E-state index contributed by atoms with van der Waals surface area (Å²) in [5.41, 5.74) is 1.01. The molecule has 0 spiro atoms. The Kier molecular flexibility index (Phi) is 6.84. The second kappa shape index (κ2) is 7.88. The van der Waals surface area contributed by atoms with Crippen LogP contribution < -0.4 is 0 Å². The normalized spacial score (nSPS) is 13.9. The molecule has 0 aliphatic rings. The van der Waals surface area contributed by atoms with Crippen LogP contribution in [0.25, 0.3) is 0 Å². The predicted molar refractivity (Wildman–Crippen MR) is 73.4 cm³/mol. The van der Waals surface area contributed by atoms with E-state index < -0.39 is 16.0 Å². The minimum Gasteiger partial charge on any atom is -0.385 e. The molecule has 8 heteroatoms. The number of ether oxygens (including phenoxy) is 1. The van der Waals surface area contributed by atoms with Crippen LogP contribution >= 0.6 is 11.5 Å². The molecule has 1 aromatic heterocycles. The number of aromatic nitrogens is 1. The maximum atomic E-state index is 12.7. The van der Waals surface area contributed by atoms with Crippen molar-refractivity contribution in [2.75, 3.05) is 26.0 Å². The highest BCUT2D eigenvalue weighted by Gasteiger charge is 2.18. The molecule has 0 aliphatic carbocycles. The summed E-state index contributed by atoms with van der Waals surface area (Å²) in [6, 6.07) is 0.113. The summed E-state index contributed by atoms with van der Waals surface area (Å²) in [6.07, 6.45) is 2.51. The highest BCUT2D eigenvalue weighted by atomic mass is 32.3. The minimum absolute atomic E-state index is 0.113. The third-order valence-corrected chi connectivity index (χ3v) is 4.16. The Morgan fingerprint density at radius 2 is 2.32 bits per heavy atom.